The molecule has 1 aromatic heterocycles. The van der Waals surface area contributed by atoms with E-state index in [4.69, 9.17) is 21.1 Å². The number of methoxy groups -OCH3 is 1. The zero-order valence-corrected chi connectivity index (χ0v) is 16.5. The molecule has 1 aromatic carbocycles. The number of nitrogens with zero attached hydrogens (tertiary/aromatic N) is 1. The highest BCUT2D eigenvalue weighted by atomic mass is 35.5. The van der Waals surface area contributed by atoms with Gasteiger partial charge in [-0.3, -0.25) is 14.5 Å². The van der Waals surface area contributed by atoms with Gasteiger partial charge in [-0.1, -0.05) is 11.6 Å². The minimum atomic E-state index is -0.491. The Kier molecular flexibility index (Phi) is 6.50. The number of anilines is 2. The van der Waals surface area contributed by atoms with Gasteiger partial charge in [-0.15, -0.1) is 11.3 Å². The number of carbonyl (C=O) groups is 3. The number of rotatable bonds is 7. The molecule has 10 heteroatoms. The summed E-state index contributed by atoms with van der Waals surface area (Å²) in [6, 6.07) is 10.1. The van der Waals surface area contributed by atoms with E-state index in [9.17, 15) is 14.4 Å². The van der Waals surface area contributed by atoms with Gasteiger partial charge < -0.3 is 20.1 Å². The summed E-state index contributed by atoms with van der Waals surface area (Å²) in [6.45, 7) is 0.465. The Morgan fingerprint density at radius 3 is 2.68 bits per heavy atom. The Labute approximate surface area is 170 Å². The van der Waals surface area contributed by atoms with Crippen LogP contribution in [0.15, 0.2) is 36.4 Å². The predicted octanol–water partition coefficient (Wildman–Crippen LogP) is 2.74. The molecule has 148 valence electrons. The van der Waals surface area contributed by atoms with E-state index in [2.05, 4.69) is 10.6 Å². The molecule has 1 saturated heterocycles. The predicted molar refractivity (Wildman–Crippen MR) is 106 cm³/mol. The molecule has 3 rings (SSSR count). The van der Waals surface area contributed by atoms with Gasteiger partial charge in [0.15, 0.2) is 0 Å². The van der Waals surface area contributed by atoms with Gasteiger partial charge in [0.1, 0.15) is 12.7 Å². The second-order valence-corrected chi connectivity index (χ2v) is 7.67. The zero-order chi connectivity index (χ0) is 20.1. The molecule has 0 saturated carbocycles. The van der Waals surface area contributed by atoms with Gasteiger partial charge in [0.05, 0.1) is 22.3 Å². The Morgan fingerprint density at radius 2 is 2.04 bits per heavy atom. The van der Waals surface area contributed by atoms with E-state index in [-0.39, 0.29) is 25.0 Å². The molecule has 1 aliphatic rings. The van der Waals surface area contributed by atoms with E-state index in [1.165, 1.54) is 23.3 Å². The molecule has 2 aromatic rings. The zero-order valence-electron chi connectivity index (χ0n) is 14.9. The van der Waals surface area contributed by atoms with Crippen molar-refractivity contribution in [2.75, 3.05) is 37.0 Å². The van der Waals surface area contributed by atoms with Crippen molar-refractivity contribution in [1.82, 2.24) is 5.32 Å². The summed E-state index contributed by atoms with van der Waals surface area (Å²) >= 11 is 7.01. The Hall–Kier alpha value is -2.62. The van der Waals surface area contributed by atoms with E-state index in [0.717, 1.165) is 0 Å². The van der Waals surface area contributed by atoms with Crippen LogP contribution in [0.4, 0.5) is 16.2 Å². The monoisotopic (exact) mass is 423 g/mol. The van der Waals surface area contributed by atoms with Crippen LogP contribution in [0.2, 0.25) is 4.34 Å². The molecule has 8 nitrogen and oxygen atoms in total. The lowest BCUT2D eigenvalue weighted by atomic mass is 10.2. The summed E-state index contributed by atoms with van der Waals surface area (Å²) in [5.41, 5.74) is 1.23. The number of nitrogens with one attached hydrogen (secondary N) is 2. The first-order valence-corrected chi connectivity index (χ1v) is 9.56. The molecule has 2 N–H and O–H groups in total. The van der Waals surface area contributed by atoms with Crippen LogP contribution in [-0.2, 0) is 14.3 Å². The molecule has 0 radical (unpaired) electrons. The summed E-state index contributed by atoms with van der Waals surface area (Å²) in [4.78, 5) is 37.7. The molecule has 1 unspecified atom stereocenters. The van der Waals surface area contributed by atoms with E-state index in [1.54, 1.807) is 36.4 Å². The van der Waals surface area contributed by atoms with Gasteiger partial charge >= 0.3 is 6.09 Å². The minimum absolute atomic E-state index is 0.0364. The maximum absolute atomic E-state index is 12.1. The molecular weight excluding hydrogens is 406 g/mol. The largest absolute Gasteiger partial charge is 0.442 e. The molecule has 0 aliphatic carbocycles. The number of hydrogen-bond acceptors (Lipinski definition) is 6. The van der Waals surface area contributed by atoms with Crippen LogP contribution in [-0.4, -0.2) is 50.8 Å². The van der Waals surface area contributed by atoms with Crippen molar-refractivity contribution in [1.29, 1.82) is 0 Å². The highest BCUT2D eigenvalue weighted by Gasteiger charge is 2.32. The Bertz CT molecular complexity index is 870. The summed E-state index contributed by atoms with van der Waals surface area (Å²) in [5.74, 6) is -0.527. The standard InChI is InChI=1S/C18H18ClN3O5S/c1-26-10-16(23)21-11-2-4-12(5-3-11)22-9-13(27-18(22)25)8-20-17(24)14-6-7-15(19)28-14/h2-7,13H,8-10H2,1H3,(H,20,24)(H,21,23). The quantitative estimate of drug-likeness (QED) is 0.713. The summed E-state index contributed by atoms with van der Waals surface area (Å²) in [6.07, 6.45) is -0.956. The highest BCUT2D eigenvalue weighted by Crippen LogP contribution is 2.24. The third kappa shape index (κ3) is 5.00. The molecule has 1 fully saturated rings. The third-order valence-electron chi connectivity index (χ3n) is 3.90. The van der Waals surface area contributed by atoms with Crippen molar-refractivity contribution in [2.45, 2.75) is 6.10 Å². The maximum atomic E-state index is 12.1. The van der Waals surface area contributed by atoms with E-state index in [1.807, 2.05) is 0 Å². The fourth-order valence-corrected chi connectivity index (χ4v) is 3.58. The summed E-state index contributed by atoms with van der Waals surface area (Å²) < 4.78 is 10.6. The lowest BCUT2D eigenvalue weighted by Gasteiger charge is -2.14. The van der Waals surface area contributed by atoms with Gasteiger partial charge in [0.25, 0.3) is 5.91 Å². The number of carbonyl (C=O) groups excluding carboxylic acids is 3. The number of hydrogen-bond donors (Lipinski definition) is 2. The van der Waals surface area contributed by atoms with Crippen LogP contribution in [0.25, 0.3) is 0 Å². The van der Waals surface area contributed by atoms with Gasteiger partial charge in [-0.25, -0.2) is 4.79 Å². The van der Waals surface area contributed by atoms with Gasteiger partial charge in [0.2, 0.25) is 5.91 Å². The van der Waals surface area contributed by atoms with E-state index >= 15 is 0 Å². The topological polar surface area (TPSA) is 97.0 Å². The normalized spacial score (nSPS) is 16.0. The number of halogens is 1. The number of benzene rings is 1. The second kappa shape index (κ2) is 9.05. The average Bonchev–Trinajstić information content (AvgIpc) is 3.26. The lowest BCUT2D eigenvalue weighted by Crippen LogP contribution is -2.34. The number of thiophene rings is 1. The van der Waals surface area contributed by atoms with Crippen LogP contribution < -0.4 is 15.5 Å². The van der Waals surface area contributed by atoms with Crippen molar-refractivity contribution in [2.24, 2.45) is 0 Å². The van der Waals surface area contributed by atoms with Crippen LogP contribution in [0.3, 0.4) is 0 Å². The summed E-state index contributed by atoms with van der Waals surface area (Å²) in [5, 5.41) is 5.42. The van der Waals surface area contributed by atoms with Crippen LogP contribution in [0, 0.1) is 0 Å². The first-order valence-electron chi connectivity index (χ1n) is 8.37. The first kappa shape index (κ1) is 20.1. The molecule has 1 atom stereocenters. The number of ether oxygens (including phenoxy) is 2. The highest BCUT2D eigenvalue weighted by molar-refractivity contribution is 7.17. The van der Waals surface area contributed by atoms with E-state index in [0.29, 0.717) is 27.1 Å². The Balaban J connectivity index is 1.54. The molecule has 1 aliphatic heterocycles. The van der Waals surface area contributed by atoms with Crippen molar-refractivity contribution < 1.29 is 23.9 Å². The van der Waals surface area contributed by atoms with Crippen LogP contribution in [0.5, 0.6) is 0 Å². The third-order valence-corrected chi connectivity index (χ3v) is 5.13. The molecule has 3 amide bonds. The SMILES string of the molecule is COCC(=O)Nc1ccc(N2CC(CNC(=O)c3ccc(Cl)s3)OC2=O)cc1. The number of amides is 3. The molecule has 0 bridgehead atoms. The molecule has 2 heterocycles. The van der Waals surface area contributed by atoms with Crippen molar-refractivity contribution in [3.63, 3.8) is 0 Å². The van der Waals surface area contributed by atoms with E-state index < -0.39 is 12.2 Å². The van der Waals surface area contributed by atoms with Crippen LogP contribution >= 0.6 is 22.9 Å². The summed E-state index contributed by atoms with van der Waals surface area (Å²) in [7, 11) is 1.44. The van der Waals surface area contributed by atoms with Crippen molar-refractivity contribution in [3.8, 4) is 0 Å². The average molecular weight is 424 g/mol. The smallest absolute Gasteiger partial charge is 0.414 e. The van der Waals surface area contributed by atoms with Crippen molar-refractivity contribution >= 4 is 52.2 Å². The minimum Gasteiger partial charge on any atom is -0.442 e. The Morgan fingerprint density at radius 1 is 1.29 bits per heavy atom. The first-order chi connectivity index (χ1) is 13.5. The fourth-order valence-electron chi connectivity index (χ4n) is 2.62. The van der Waals surface area contributed by atoms with Gasteiger partial charge in [-0.05, 0) is 36.4 Å². The lowest BCUT2D eigenvalue weighted by molar-refractivity contribution is -0.119. The van der Waals surface area contributed by atoms with Gasteiger partial charge in [0, 0.05) is 18.5 Å². The van der Waals surface area contributed by atoms with Gasteiger partial charge in [-0.2, -0.15) is 0 Å². The van der Waals surface area contributed by atoms with Crippen LogP contribution in [0.1, 0.15) is 9.67 Å². The molecule has 28 heavy (non-hydrogen) atoms. The fraction of sp³-hybridized carbons (Fsp3) is 0.278. The maximum Gasteiger partial charge on any atom is 0.414 e. The number of cyclic esters (lactones) is 1. The molecule has 0 spiro atoms. The second-order valence-electron chi connectivity index (χ2n) is 5.96. The molecular formula is C18H18ClN3O5S. The van der Waals surface area contributed by atoms with Crippen molar-refractivity contribution in [3.05, 3.63) is 45.6 Å².